The van der Waals surface area contributed by atoms with Gasteiger partial charge in [-0.25, -0.2) is 4.39 Å². The van der Waals surface area contributed by atoms with E-state index in [-0.39, 0.29) is 5.83 Å². The van der Waals surface area contributed by atoms with E-state index in [0.717, 1.165) is 6.42 Å². The number of hydrogen-bond donors (Lipinski definition) is 0. The Bertz CT molecular complexity index is 291. The van der Waals surface area contributed by atoms with E-state index in [1.165, 1.54) is 6.08 Å². The van der Waals surface area contributed by atoms with Crippen molar-refractivity contribution in [2.45, 2.75) is 12.0 Å². The molecular formula is C12H15FSi. The third kappa shape index (κ3) is 1.85. The Kier molecular flexibility index (Phi) is 3.41. The third-order valence-electron chi connectivity index (χ3n) is 2.76. The minimum atomic E-state index is -1.85. The summed E-state index contributed by atoms with van der Waals surface area (Å²) in [5.41, 5.74) is 6.14. The summed E-state index contributed by atoms with van der Waals surface area (Å²) in [6, 6.07) is 0. The van der Waals surface area contributed by atoms with Gasteiger partial charge >= 0.3 is 0 Å². The van der Waals surface area contributed by atoms with Gasteiger partial charge in [0, 0.05) is 0 Å². The molecule has 1 aliphatic carbocycles. The summed E-state index contributed by atoms with van der Waals surface area (Å²) < 4.78 is 12.8. The molecule has 1 rings (SSSR count). The normalized spacial score (nSPS) is 21.2. The van der Waals surface area contributed by atoms with E-state index in [2.05, 4.69) is 19.7 Å². The molecule has 1 aliphatic rings. The van der Waals surface area contributed by atoms with Gasteiger partial charge in [-0.05, 0) is 24.1 Å². The first kappa shape index (κ1) is 10.9. The number of rotatable bonds is 4. The van der Waals surface area contributed by atoms with Crippen molar-refractivity contribution in [3.63, 3.8) is 0 Å². The van der Waals surface area contributed by atoms with Gasteiger partial charge in [0.2, 0.25) is 0 Å². The molecule has 1 unspecified atom stereocenters. The molecule has 0 N–H and O–H groups in total. The zero-order valence-electron chi connectivity index (χ0n) is 8.25. The maximum atomic E-state index is 12.8. The minimum Gasteiger partial charge on any atom is -0.207 e. The summed E-state index contributed by atoms with van der Waals surface area (Å²) in [4.78, 5) is 0. The van der Waals surface area contributed by atoms with Crippen molar-refractivity contribution in [2.24, 2.45) is 0 Å². The van der Waals surface area contributed by atoms with Crippen molar-refractivity contribution in [2.75, 3.05) is 0 Å². The number of hydrogen-bond acceptors (Lipinski definition) is 0. The Morgan fingerprint density at radius 1 is 1.29 bits per heavy atom. The lowest BCUT2D eigenvalue weighted by molar-refractivity contribution is 0.651. The maximum absolute atomic E-state index is 12.8. The fourth-order valence-electron chi connectivity index (χ4n) is 1.67. The molecule has 0 radical (unpaired) electrons. The summed E-state index contributed by atoms with van der Waals surface area (Å²) in [6.07, 6.45) is 5.76. The largest absolute Gasteiger partial charge is 0.207 e. The predicted molar refractivity (Wildman–Crippen MR) is 63.0 cm³/mol. The van der Waals surface area contributed by atoms with Crippen LogP contribution < -0.4 is 0 Å². The Balaban J connectivity index is 2.93. The van der Waals surface area contributed by atoms with E-state index in [1.807, 2.05) is 23.2 Å². The van der Waals surface area contributed by atoms with Crippen molar-refractivity contribution in [1.82, 2.24) is 0 Å². The maximum Gasteiger partial charge on any atom is 0.131 e. The van der Waals surface area contributed by atoms with Crippen molar-refractivity contribution in [1.29, 1.82) is 0 Å². The molecule has 0 saturated carbocycles. The highest BCUT2D eigenvalue weighted by Crippen LogP contribution is 2.33. The molecule has 0 aromatic carbocycles. The molecular weight excluding hydrogens is 191 g/mol. The molecule has 74 valence electrons. The standard InChI is InChI=1S/C12H15FSi/c1-4-14(5-2,6-3)12-9-7-11(13)8-10-12/h4-9,12H,1-3,10H2. The molecule has 14 heavy (non-hydrogen) atoms. The van der Waals surface area contributed by atoms with Gasteiger partial charge in [-0.15, -0.1) is 19.7 Å². The van der Waals surface area contributed by atoms with Crippen LogP contribution in [0.4, 0.5) is 4.39 Å². The second kappa shape index (κ2) is 4.38. The Hall–Kier alpha value is -1.15. The summed E-state index contributed by atoms with van der Waals surface area (Å²) in [6.45, 7) is 11.5. The van der Waals surface area contributed by atoms with Crippen LogP contribution in [0.5, 0.6) is 0 Å². The van der Waals surface area contributed by atoms with Crippen molar-refractivity contribution in [3.8, 4) is 0 Å². The Morgan fingerprint density at radius 3 is 2.21 bits per heavy atom. The SMILES string of the molecule is C=C[Si](C=C)(C=C)C1C=CC(F)=CC1. The van der Waals surface area contributed by atoms with Gasteiger partial charge in [0.1, 0.15) is 13.9 Å². The van der Waals surface area contributed by atoms with E-state index in [0.29, 0.717) is 5.54 Å². The van der Waals surface area contributed by atoms with Gasteiger partial charge in [0.05, 0.1) is 0 Å². The quantitative estimate of drug-likeness (QED) is 0.614. The average Bonchev–Trinajstić information content (AvgIpc) is 2.24. The molecule has 2 heteroatoms. The van der Waals surface area contributed by atoms with Gasteiger partial charge in [-0.3, -0.25) is 0 Å². The molecule has 0 spiro atoms. The van der Waals surface area contributed by atoms with E-state index in [1.54, 1.807) is 6.08 Å². The fraction of sp³-hybridized carbons (Fsp3) is 0.167. The van der Waals surface area contributed by atoms with Gasteiger partial charge in [0.25, 0.3) is 0 Å². The van der Waals surface area contributed by atoms with Crippen LogP contribution in [-0.4, -0.2) is 8.07 Å². The average molecular weight is 206 g/mol. The molecule has 0 nitrogen and oxygen atoms in total. The van der Waals surface area contributed by atoms with Gasteiger partial charge in [-0.2, -0.15) is 0 Å². The Morgan fingerprint density at radius 2 is 1.86 bits per heavy atom. The molecule has 0 fully saturated rings. The fourth-order valence-corrected chi connectivity index (χ4v) is 4.03. The number of allylic oxidation sites excluding steroid dienone is 4. The van der Waals surface area contributed by atoms with Crippen LogP contribution in [0.25, 0.3) is 0 Å². The molecule has 0 heterocycles. The van der Waals surface area contributed by atoms with Gasteiger partial charge < -0.3 is 0 Å². The zero-order valence-corrected chi connectivity index (χ0v) is 9.25. The number of halogens is 1. The van der Waals surface area contributed by atoms with E-state index >= 15 is 0 Å². The highest BCUT2D eigenvalue weighted by molar-refractivity contribution is 6.94. The summed E-state index contributed by atoms with van der Waals surface area (Å²) >= 11 is 0. The van der Waals surface area contributed by atoms with Crippen LogP contribution >= 0.6 is 0 Å². The lowest BCUT2D eigenvalue weighted by Crippen LogP contribution is -2.33. The Labute approximate surface area is 85.8 Å². The van der Waals surface area contributed by atoms with Crippen LogP contribution in [0.2, 0.25) is 5.54 Å². The van der Waals surface area contributed by atoms with E-state index < -0.39 is 8.07 Å². The highest BCUT2D eigenvalue weighted by atomic mass is 28.3. The molecule has 0 bridgehead atoms. The van der Waals surface area contributed by atoms with Crippen LogP contribution in [-0.2, 0) is 0 Å². The molecule has 0 aromatic heterocycles. The van der Waals surface area contributed by atoms with E-state index in [9.17, 15) is 4.39 Å². The van der Waals surface area contributed by atoms with Crippen LogP contribution in [0, 0.1) is 0 Å². The molecule has 0 saturated heterocycles. The highest BCUT2D eigenvalue weighted by Gasteiger charge is 2.31. The van der Waals surface area contributed by atoms with Gasteiger partial charge in [0.15, 0.2) is 0 Å². The lowest BCUT2D eigenvalue weighted by Gasteiger charge is -2.29. The van der Waals surface area contributed by atoms with Crippen molar-refractivity contribution >= 4 is 8.07 Å². The lowest BCUT2D eigenvalue weighted by atomic mass is 10.2. The van der Waals surface area contributed by atoms with Crippen LogP contribution in [0.1, 0.15) is 6.42 Å². The van der Waals surface area contributed by atoms with Gasteiger partial charge in [-0.1, -0.05) is 23.2 Å². The monoisotopic (exact) mass is 206 g/mol. The topological polar surface area (TPSA) is 0 Å². The second-order valence-corrected chi connectivity index (χ2v) is 7.37. The smallest absolute Gasteiger partial charge is 0.131 e. The second-order valence-electron chi connectivity index (χ2n) is 3.40. The molecule has 1 atom stereocenters. The minimum absolute atomic E-state index is 0.152. The summed E-state index contributed by atoms with van der Waals surface area (Å²) in [5.74, 6) is -0.152. The van der Waals surface area contributed by atoms with Crippen LogP contribution in [0.15, 0.2) is 60.9 Å². The van der Waals surface area contributed by atoms with Crippen molar-refractivity contribution < 1.29 is 4.39 Å². The predicted octanol–water partition coefficient (Wildman–Crippen LogP) is 3.79. The summed E-state index contributed by atoms with van der Waals surface area (Å²) in [7, 11) is -1.85. The van der Waals surface area contributed by atoms with Crippen molar-refractivity contribution in [3.05, 3.63) is 60.9 Å². The first-order valence-corrected chi connectivity index (χ1v) is 6.94. The third-order valence-corrected chi connectivity index (χ3v) is 6.59. The van der Waals surface area contributed by atoms with Crippen LogP contribution in [0.3, 0.4) is 0 Å². The molecule has 0 aromatic rings. The van der Waals surface area contributed by atoms with E-state index in [4.69, 9.17) is 0 Å². The first-order valence-electron chi connectivity index (χ1n) is 4.63. The zero-order chi connectivity index (χ0) is 10.6. The molecule has 0 aliphatic heterocycles. The summed E-state index contributed by atoms with van der Waals surface area (Å²) in [5, 5.41) is 0. The first-order chi connectivity index (χ1) is 6.68. The molecule has 0 amide bonds.